The summed E-state index contributed by atoms with van der Waals surface area (Å²) in [6, 6.07) is 22.2. The molecule has 2 heterocycles. The second kappa shape index (κ2) is 15.3. The van der Waals surface area contributed by atoms with E-state index < -0.39 is 26.8 Å². The number of amides is 1. The Morgan fingerprint density at radius 1 is 0.982 bits per heavy atom. The van der Waals surface area contributed by atoms with Crippen LogP contribution < -0.4 is 4.90 Å². The number of carbonyl (C=O) groups is 3. The Balaban J connectivity index is 0.000000286. The Labute approximate surface area is 321 Å². The summed E-state index contributed by atoms with van der Waals surface area (Å²) in [6.07, 6.45) is 1.44. The number of fused-ring (bicyclic) bond motifs is 3. The minimum absolute atomic E-state index is 0.0424. The number of aromatic amines is 1. The van der Waals surface area contributed by atoms with E-state index in [4.69, 9.17) is 14.3 Å². The summed E-state index contributed by atoms with van der Waals surface area (Å²) in [5, 5.41) is 10.5. The van der Waals surface area contributed by atoms with Gasteiger partial charge in [0.1, 0.15) is 5.25 Å². The number of Topliss-reactive ketones (excluding diaryl/α,β-unsaturated/α-hetero) is 1. The molecular formula is C41H49N5O8S. The molecule has 3 N–H and O–H groups in total. The fraction of sp³-hybridized carbons (Fsp3) is 0.415. The quantitative estimate of drug-likeness (QED) is 0.121. The van der Waals surface area contributed by atoms with Crippen LogP contribution in [-0.2, 0) is 24.4 Å². The lowest BCUT2D eigenvalue weighted by atomic mass is 9.70. The number of hydrogen-bond donors (Lipinski definition) is 3. The summed E-state index contributed by atoms with van der Waals surface area (Å²) < 4.78 is 36.3. The number of benzene rings is 3. The molecule has 2 saturated carbocycles. The molecule has 292 valence electrons. The number of esters is 1. The van der Waals surface area contributed by atoms with Crippen molar-refractivity contribution in [2.45, 2.75) is 38.9 Å². The number of carbonyl (C=O) groups excluding carboxylic acids is 3. The van der Waals surface area contributed by atoms with Gasteiger partial charge < -0.3 is 24.6 Å². The van der Waals surface area contributed by atoms with Gasteiger partial charge in [-0.1, -0.05) is 57.2 Å². The fourth-order valence-corrected chi connectivity index (χ4v) is 9.62. The molecule has 1 saturated heterocycles. The van der Waals surface area contributed by atoms with Crippen molar-refractivity contribution < 1.29 is 37.2 Å². The van der Waals surface area contributed by atoms with Crippen molar-refractivity contribution >= 4 is 55.8 Å². The Morgan fingerprint density at radius 2 is 1.64 bits per heavy atom. The number of likely N-dealkylation sites (N-methyl/N-ethyl adjacent to an activating group) is 2. The van der Waals surface area contributed by atoms with Crippen LogP contribution >= 0.6 is 0 Å². The number of rotatable bonds is 8. The van der Waals surface area contributed by atoms with E-state index in [1.165, 1.54) is 7.11 Å². The summed E-state index contributed by atoms with van der Waals surface area (Å²) in [7, 11) is 0.976. The van der Waals surface area contributed by atoms with E-state index in [2.05, 4.69) is 21.8 Å². The zero-order chi connectivity index (χ0) is 39.9. The Hall–Kier alpha value is -4.89. The molecule has 3 aliphatic rings. The first-order valence-corrected chi connectivity index (χ1v) is 19.8. The van der Waals surface area contributed by atoms with Gasteiger partial charge in [0.15, 0.2) is 11.7 Å². The minimum Gasteiger partial charge on any atom is -0.494 e. The molecule has 13 nitrogen and oxygen atoms in total. The van der Waals surface area contributed by atoms with E-state index in [9.17, 15) is 27.9 Å². The average molecular weight is 772 g/mol. The number of nitrogens with one attached hydrogen (secondary N) is 1. The highest BCUT2D eigenvalue weighted by atomic mass is 32.2. The SMILES string of the molecule is CC12CCC(C(S(=O)(=O)O)C1=O)C2(C)C.COC(=O)c1ccc2c(C(=Nc3ccc(N(C)C(=O)CN4CCN(C)CC4)cc3)c3ccccc3)c(O)[nH]c2c1. The standard InChI is InChI=1S/C31H33N5O4.C10H16O4S/c1-34-15-17-36(18-16-34)20-27(37)35(2)24-12-10-23(11-13-24)32-29(21-7-5-4-6-8-21)28-25-14-9-22(31(39)40-3)19-26(25)33-30(28)38;1-9(2)6-4-5-10(9,3)8(11)7(6)15(12,13)14/h4-14,19,33,38H,15-18,20H2,1-3H3;6-7H,4-5H2,1-3H3,(H,12,13,14). The molecule has 3 atom stereocenters. The summed E-state index contributed by atoms with van der Waals surface area (Å²) in [5.74, 6) is -0.996. The van der Waals surface area contributed by atoms with Crippen LogP contribution in [0, 0.1) is 16.7 Å². The first-order valence-electron chi connectivity index (χ1n) is 18.3. The zero-order valence-corrected chi connectivity index (χ0v) is 32.9. The third kappa shape index (κ3) is 7.68. The molecule has 7 rings (SSSR count). The molecule has 3 fully saturated rings. The topological polar surface area (TPSA) is 173 Å². The molecule has 1 aliphatic heterocycles. The van der Waals surface area contributed by atoms with Crippen molar-refractivity contribution in [2.75, 3.05) is 58.8 Å². The number of aliphatic imine (C=N–C) groups is 1. The number of piperazine rings is 1. The summed E-state index contributed by atoms with van der Waals surface area (Å²) >= 11 is 0. The smallest absolute Gasteiger partial charge is 0.337 e. The van der Waals surface area contributed by atoms with E-state index in [1.807, 2.05) is 75.4 Å². The fourth-order valence-electron chi connectivity index (χ4n) is 8.20. The lowest BCUT2D eigenvalue weighted by Gasteiger charge is -2.32. The molecular weight excluding hydrogens is 723 g/mol. The van der Waals surface area contributed by atoms with Crippen LogP contribution in [0.2, 0.25) is 0 Å². The van der Waals surface area contributed by atoms with Gasteiger partial charge in [0, 0.05) is 60.8 Å². The van der Waals surface area contributed by atoms with E-state index in [0.29, 0.717) is 41.0 Å². The Bertz CT molecular complexity index is 2230. The third-order valence-electron chi connectivity index (χ3n) is 12.1. The van der Waals surface area contributed by atoms with Crippen LogP contribution in [0.1, 0.15) is 55.1 Å². The maximum absolute atomic E-state index is 12.9. The van der Waals surface area contributed by atoms with Gasteiger partial charge in [-0.2, -0.15) is 8.42 Å². The van der Waals surface area contributed by atoms with Crippen molar-refractivity contribution in [3.63, 3.8) is 0 Å². The second-order valence-electron chi connectivity index (χ2n) is 15.5. The summed E-state index contributed by atoms with van der Waals surface area (Å²) in [5.41, 5.74) is 3.43. The molecule has 3 aromatic carbocycles. The summed E-state index contributed by atoms with van der Waals surface area (Å²) in [4.78, 5) is 51.0. The number of aromatic hydroxyl groups is 1. The van der Waals surface area contributed by atoms with Crippen molar-refractivity contribution in [3.8, 4) is 5.88 Å². The van der Waals surface area contributed by atoms with Gasteiger partial charge in [-0.25, -0.2) is 9.79 Å². The van der Waals surface area contributed by atoms with Crippen molar-refractivity contribution in [1.29, 1.82) is 0 Å². The highest BCUT2D eigenvalue weighted by molar-refractivity contribution is 7.87. The first kappa shape index (κ1) is 39.8. The first-order chi connectivity index (χ1) is 26.0. The number of methoxy groups -OCH3 is 1. The van der Waals surface area contributed by atoms with Gasteiger partial charge in [-0.15, -0.1) is 0 Å². The van der Waals surface area contributed by atoms with Crippen molar-refractivity contribution in [1.82, 2.24) is 14.8 Å². The van der Waals surface area contributed by atoms with E-state index in [-0.39, 0.29) is 28.9 Å². The molecule has 4 aromatic rings. The lowest BCUT2D eigenvalue weighted by molar-refractivity contribution is -0.128. The number of H-pyrrole nitrogens is 1. The Morgan fingerprint density at radius 3 is 2.20 bits per heavy atom. The van der Waals surface area contributed by atoms with Gasteiger partial charge in [0.2, 0.25) is 5.91 Å². The number of anilines is 1. The number of nitrogens with zero attached hydrogens (tertiary/aromatic N) is 4. The van der Waals surface area contributed by atoms with Crippen LogP contribution in [0.25, 0.3) is 10.9 Å². The number of ketones is 1. The van der Waals surface area contributed by atoms with Crippen LogP contribution in [0.5, 0.6) is 5.88 Å². The molecule has 1 aromatic heterocycles. The van der Waals surface area contributed by atoms with E-state index >= 15 is 0 Å². The van der Waals surface area contributed by atoms with Crippen molar-refractivity contribution in [3.05, 3.63) is 89.5 Å². The van der Waals surface area contributed by atoms with Crippen LogP contribution in [0.3, 0.4) is 0 Å². The van der Waals surface area contributed by atoms with Crippen LogP contribution in [0.15, 0.2) is 77.8 Å². The Kier molecular flexibility index (Phi) is 11.1. The number of aromatic nitrogens is 1. The number of ether oxygens (including phenoxy) is 1. The van der Waals surface area contributed by atoms with Crippen molar-refractivity contribution in [2.24, 2.45) is 21.7 Å². The zero-order valence-electron chi connectivity index (χ0n) is 32.1. The molecule has 55 heavy (non-hydrogen) atoms. The van der Waals surface area contributed by atoms with Gasteiger partial charge in [0.05, 0.1) is 36.2 Å². The lowest BCUT2D eigenvalue weighted by Crippen LogP contribution is -2.48. The highest BCUT2D eigenvalue weighted by Gasteiger charge is 2.69. The molecule has 2 aliphatic carbocycles. The molecule has 14 heteroatoms. The largest absolute Gasteiger partial charge is 0.494 e. The maximum atomic E-state index is 12.9. The molecule has 0 radical (unpaired) electrons. The molecule has 0 spiro atoms. The maximum Gasteiger partial charge on any atom is 0.337 e. The second-order valence-corrected chi connectivity index (χ2v) is 17.0. The van der Waals surface area contributed by atoms with Gasteiger partial charge in [0.25, 0.3) is 10.1 Å². The molecule has 1 amide bonds. The third-order valence-corrected chi connectivity index (χ3v) is 13.3. The van der Waals surface area contributed by atoms with Gasteiger partial charge in [-0.3, -0.25) is 19.0 Å². The average Bonchev–Trinajstić information content (AvgIpc) is 3.67. The number of hydrogen-bond acceptors (Lipinski definition) is 10. The van der Waals surface area contributed by atoms with E-state index in [1.54, 1.807) is 30.1 Å². The predicted octanol–water partition coefficient (Wildman–Crippen LogP) is 5.31. The monoisotopic (exact) mass is 771 g/mol. The summed E-state index contributed by atoms with van der Waals surface area (Å²) in [6.45, 7) is 9.76. The van der Waals surface area contributed by atoms with Crippen LogP contribution in [0.4, 0.5) is 11.4 Å². The molecule has 3 unspecified atom stereocenters. The van der Waals surface area contributed by atoms with E-state index in [0.717, 1.165) is 49.2 Å². The molecule has 2 bridgehead atoms. The van der Waals surface area contributed by atoms with Crippen LogP contribution in [-0.4, -0.2) is 115 Å². The normalized spacial score (nSPS) is 22.7. The van der Waals surface area contributed by atoms with Gasteiger partial charge >= 0.3 is 5.97 Å². The van der Waals surface area contributed by atoms with Gasteiger partial charge in [-0.05, 0) is 67.6 Å². The predicted molar refractivity (Wildman–Crippen MR) is 212 cm³/mol. The minimum atomic E-state index is -4.24. The highest BCUT2D eigenvalue weighted by Crippen LogP contribution is 2.64.